The van der Waals surface area contributed by atoms with Gasteiger partial charge in [-0.1, -0.05) is 24.6 Å². The van der Waals surface area contributed by atoms with Crippen LogP contribution in [0, 0.1) is 5.41 Å². The number of thioether (sulfide) groups is 1. The van der Waals surface area contributed by atoms with Crippen LogP contribution in [-0.2, 0) is 14.6 Å². The van der Waals surface area contributed by atoms with Gasteiger partial charge in [0.25, 0.3) is 5.91 Å². The number of hydrogen-bond acceptors (Lipinski definition) is 9. The fourth-order valence-electron chi connectivity index (χ4n) is 3.10. The Morgan fingerprint density at radius 2 is 1.89 bits per heavy atom. The minimum atomic E-state index is -3.62. The molecule has 0 saturated heterocycles. The zero-order chi connectivity index (χ0) is 26.0. The maximum Gasteiger partial charge on any atom is 0.343 e. The number of carbonyl (C=O) groups is 2. The van der Waals surface area contributed by atoms with Crippen LogP contribution in [-0.4, -0.2) is 53.0 Å². The summed E-state index contributed by atoms with van der Waals surface area (Å²) in [5.74, 6) is -1.38. The van der Waals surface area contributed by atoms with Gasteiger partial charge in [-0.3, -0.25) is 10.2 Å². The predicted octanol–water partition coefficient (Wildman–Crippen LogP) is 3.97. The zero-order valence-corrected chi connectivity index (χ0v) is 21.4. The largest absolute Gasteiger partial charge is 0.490 e. The molecule has 2 aliphatic rings. The minimum Gasteiger partial charge on any atom is -0.490 e. The van der Waals surface area contributed by atoms with Crippen molar-refractivity contribution < 1.29 is 27.5 Å². The van der Waals surface area contributed by atoms with Gasteiger partial charge >= 0.3 is 5.97 Å². The Labute approximate surface area is 216 Å². The van der Waals surface area contributed by atoms with Crippen molar-refractivity contribution in [3.63, 3.8) is 0 Å². The van der Waals surface area contributed by atoms with Crippen molar-refractivity contribution in [3.05, 3.63) is 64.2 Å². The fraction of sp³-hybridized carbons (Fsp3) is 0.174. The topological polar surface area (TPSA) is 139 Å². The van der Waals surface area contributed by atoms with E-state index in [1.807, 2.05) is 0 Å². The number of benzene rings is 2. The molecule has 0 atom stereocenters. The summed E-state index contributed by atoms with van der Waals surface area (Å²) in [5, 5.41) is 13.9. The summed E-state index contributed by atoms with van der Waals surface area (Å²) < 4.78 is 35.2. The third kappa shape index (κ3) is 5.20. The second-order valence-electron chi connectivity index (χ2n) is 7.32. The Kier molecular flexibility index (Phi) is 7.29. The minimum absolute atomic E-state index is 0.00800. The summed E-state index contributed by atoms with van der Waals surface area (Å²) in [6, 6.07) is 10.9. The molecule has 2 aliphatic heterocycles. The number of carbonyl (C=O) groups excluding carboxylic acids is 2. The molecule has 186 valence electrons. The average Bonchev–Trinajstić information content (AvgIpc) is 3.29. The van der Waals surface area contributed by atoms with E-state index in [1.54, 1.807) is 31.2 Å². The molecule has 2 aromatic rings. The number of hydrogen-bond donors (Lipinski definition) is 1. The number of amides is 1. The number of ether oxygens (including phenoxy) is 2. The first-order valence-corrected chi connectivity index (χ1v) is 13.4. The number of halogens is 1. The third-order valence-corrected chi connectivity index (χ3v) is 8.28. The monoisotopic (exact) mass is 546 g/mol. The van der Waals surface area contributed by atoms with Gasteiger partial charge in [-0.05, 0) is 66.7 Å². The normalized spacial score (nSPS) is 16.5. The van der Waals surface area contributed by atoms with Crippen molar-refractivity contribution in [2.45, 2.75) is 13.8 Å². The molecule has 0 aromatic heterocycles. The Bertz CT molecular complexity index is 1470. The van der Waals surface area contributed by atoms with Crippen LogP contribution < -0.4 is 9.47 Å². The molecule has 1 N–H and O–H groups in total. The number of rotatable bonds is 6. The van der Waals surface area contributed by atoms with Crippen LogP contribution in [0.1, 0.15) is 29.8 Å². The number of fused-ring (bicyclic) bond motifs is 1. The van der Waals surface area contributed by atoms with Gasteiger partial charge in [0.15, 0.2) is 17.3 Å². The van der Waals surface area contributed by atoms with Crippen LogP contribution in [0.3, 0.4) is 0 Å². The zero-order valence-electron chi connectivity index (χ0n) is 19.0. The van der Waals surface area contributed by atoms with Gasteiger partial charge in [-0.25, -0.2) is 13.2 Å². The highest BCUT2D eigenvalue weighted by molar-refractivity contribution is 8.42. The van der Waals surface area contributed by atoms with Crippen LogP contribution in [0.15, 0.2) is 58.1 Å². The highest BCUT2D eigenvalue weighted by atomic mass is 35.5. The maximum absolute atomic E-state index is 12.6. The van der Waals surface area contributed by atoms with Crippen molar-refractivity contribution in [2.24, 2.45) is 10.1 Å². The fourth-order valence-corrected chi connectivity index (χ4v) is 5.39. The number of aliphatic imine (C=N–C) groups is 1. The van der Waals surface area contributed by atoms with Gasteiger partial charge in [-0.2, -0.15) is 10.0 Å². The van der Waals surface area contributed by atoms with E-state index in [4.69, 9.17) is 26.5 Å². The Morgan fingerprint density at radius 3 is 2.56 bits per heavy atom. The number of nitrogens with one attached hydrogen (secondary N) is 1. The SMILES string of the molecule is CCOc1cc(/C=C2\C(=N)N3N=C(S(=O)(=O)CC)SC3=NC2=O)ccc1OC(=O)c1ccc(Cl)cc1. The summed E-state index contributed by atoms with van der Waals surface area (Å²) in [5.41, 5.74) is 0.678. The van der Waals surface area contributed by atoms with Crippen molar-refractivity contribution in [1.29, 1.82) is 5.41 Å². The number of esters is 1. The molecule has 0 unspecified atom stereocenters. The quantitative estimate of drug-likeness (QED) is 0.326. The van der Waals surface area contributed by atoms with E-state index in [-0.39, 0.29) is 44.8 Å². The Morgan fingerprint density at radius 1 is 1.17 bits per heavy atom. The van der Waals surface area contributed by atoms with Crippen molar-refractivity contribution in [2.75, 3.05) is 12.4 Å². The summed E-state index contributed by atoms with van der Waals surface area (Å²) in [4.78, 5) is 29.0. The van der Waals surface area contributed by atoms with Gasteiger partial charge in [0.2, 0.25) is 19.4 Å². The molecular weight excluding hydrogens is 528 g/mol. The standard InChI is InChI=1S/C23H19ClN4O6S2/c1-3-33-18-12-13(5-10-17(18)34-21(30)14-6-8-15(24)9-7-14)11-16-19(25)28-22(26-20(16)29)35-23(27-28)36(31,32)4-2/h5-12,25H,3-4H2,1-2H3/b16-11+,25-19?. The van der Waals surface area contributed by atoms with Crippen LogP contribution >= 0.6 is 23.4 Å². The highest BCUT2D eigenvalue weighted by Crippen LogP contribution is 2.33. The van der Waals surface area contributed by atoms with Crippen LogP contribution in [0.4, 0.5) is 0 Å². The molecular formula is C23H19ClN4O6S2. The molecule has 2 heterocycles. The molecule has 2 aromatic carbocycles. The average molecular weight is 547 g/mol. The van der Waals surface area contributed by atoms with Gasteiger partial charge < -0.3 is 9.47 Å². The molecule has 0 aliphatic carbocycles. The number of hydrazone groups is 1. The molecule has 0 fully saturated rings. The number of amidine groups is 2. The smallest absolute Gasteiger partial charge is 0.343 e. The van der Waals surface area contributed by atoms with Crippen LogP contribution in [0.5, 0.6) is 11.5 Å². The first-order chi connectivity index (χ1) is 17.1. The van der Waals surface area contributed by atoms with Crippen molar-refractivity contribution >= 4 is 66.5 Å². The Hall–Kier alpha value is -3.48. The van der Waals surface area contributed by atoms with Gasteiger partial charge in [0.05, 0.1) is 23.5 Å². The Balaban J connectivity index is 1.62. The maximum atomic E-state index is 12.6. The van der Waals surface area contributed by atoms with Crippen LogP contribution in [0.25, 0.3) is 6.08 Å². The third-order valence-electron chi connectivity index (χ3n) is 4.94. The summed E-state index contributed by atoms with van der Waals surface area (Å²) in [6.45, 7) is 3.52. The molecule has 1 amide bonds. The number of sulfone groups is 1. The van der Waals surface area contributed by atoms with Gasteiger partial charge in [-0.15, -0.1) is 5.10 Å². The lowest BCUT2D eigenvalue weighted by atomic mass is 10.1. The van der Waals surface area contributed by atoms with Crippen molar-refractivity contribution in [1.82, 2.24) is 5.01 Å². The van der Waals surface area contributed by atoms with Gasteiger partial charge in [0.1, 0.15) is 0 Å². The lowest BCUT2D eigenvalue weighted by Gasteiger charge is -2.20. The van der Waals surface area contributed by atoms with E-state index < -0.39 is 21.7 Å². The van der Waals surface area contributed by atoms with Gasteiger partial charge in [0, 0.05) is 5.02 Å². The lowest BCUT2D eigenvalue weighted by molar-refractivity contribution is -0.114. The van der Waals surface area contributed by atoms with E-state index in [1.165, 1.54) is 31.2 Å². The lowest BCUT2D eigenvalue weighted by Crippen LogP contribution is -2.35. The van der Waals surface area contributed by atoms with E-state index in [9.17, 15) is 18.0 Å². The summed E-state index contributed by atoms with van der Waals surface area (Å²) >= 11 is 6.59. The van der Waals surface area contributed by atoms with Crippen LogP contribution in [0.2, 0.25) is 5.02 Å². The molecule has 36 heavy (non-hydrogen) atoms. The van der Waals surface area contributed by atoms with E-state index in [0.717, 1.165) is 16.8 Å². The molecule has 0 saturated carbocycles. The summed E-state index contributed by atoms with van der Waals surface area (Å²) in [7, 11) is -3.62. The molecule has 0 bridgehead atoms. The summed E-state index contributed by atoms with van der Waals surface area (Å²) in [6.07, 6.45) is 1.41. The van der Waals surface area contributed by atoms with E-state index in [0.29, 0.717) is 16.1 Å². The first kappa shape index (κ1) is 25.6. The molecule has 0 spiro atoms. The second-order valence-corrected chi connectivity index (χ2v) is 11.2. The molecule has 10 nitrogen and oxygen atoms in total. The van der Waals surface area contributed by atoms with E-state index >= 15 is 0 Å². The molecule has 13 heteroatoms. The first-order valence-electron chi connectivity index (χ1n) is 10.6. The van der Waals surface area contributed by atoms with E-state index in [2.05, 4.69) is 10.1 Å². The molecule has 0 radical (unpaired) electrons. The number of nitrogens with zero attached hydrogens (tertiary/aromatic N) is 3. The predicted molar refractivity (Wildman–Crippen MR) is 138 cm³/mol. The van der Waals surface area contributed by atoms with Crippen molar-refractivity contribution in [3.8, 4) is 11.5 Å². The highest BCUT2D eigenvalue weighted by Gasteiger charge is 2.39. The molecule has 4 rings (SSSR count). The second kappa shape index (κ2) is 10.2.